The summed E-state index contributed by atoms with van der Waals surface area (Å²) in [6, 6.07) is 1.25. The maximum absolute atomic E-state index is 15.8. The maximum Gasteiger partial charge on any atom is 0.329 e. The highest BCUT2D eigenvalue weighted by Crippen LogP contribution is 2.40. The first-order chi connectivity index (χ1) is 41.4. The zero-order chi connectivity index (χ0) is 63.4. The SMILES string of the molecule is CCNc1nc(Nc2cc(F)c(C(=O)N3CCN(C(=O)CCC[C@@H]4/C=C(\C)C[C@H](C)C[C@H](OC)[C@H]5O[C@@](O)(C(=O)C(=O)N6CCCC[C@H]6C(=O)O[C@H](/C(C)=C/[C@@H]6CC[C@@H](O)[C@H](CO)C6)[C@H](C)[C@@H](O)CC4=O)[C@H](C)C[C@@H]5OC)CC3)cc2OC)ncc1C. The molecule has 3 saturated heterocycles. The molecule has 0 unspecified atom stereocenters. The number of aliphatic hydroxyl groups is 4. The number of Topliss-reactive ketones (excluding diaryl/α,β-unsaturated/α-hetero) is 2. The highest BCUT2D eigenvalue weighted by Gasteiger charge is 2.57. The number of amides is 3. The van der Waals surface area contributed by atoms with Crippen LogP contribution >= 0.6 is 0 Å². The predicted molar refractivity (Wildman–Crippen MR) is 321 cm³/mol. The quantitative estimate of drug-likeness (QED) is 0.0654. The third-order valence-electron chi connectivity index (χ3n) is 18.5. The third kappa shape index (κ3) is 16.7. The zero-order valence-electron chi connectivity index (χ0n) is 52.4. The summed E-state index contributed by atoms with van der Waals surface area (Å²) in [5.41, 5.74) is 2.25. The number of piperazine rings is 1. The van der Waals surface area contributed by atoms with Gasteiger partial charge >= 0.3 is 5.97 Å². The van der Waals surface area contributed by atoms with Gasteiger partial charge in [-0.3, -0.25) is 24.0 Å². The molecule has 0 spiro atoms. The monoisotopic (exact) mass is 1220 g/mol. The van der Waals surface area contributed by atoms with E-state index in [4.69, 9.17) is 23.7 Å². The first-order valence-electron chi connectivity index (χ1n) is 31.1. The minimum atomic E-state index is -2.60. The van der Waals surface area contributed by atoms with E-state index in [0.717, 1.165) is 22.1 Å². The number of piperidine rings is 1. The number of allylic oxidation sites excluding steroid dienone is 3. The Balaban J connectivity index is 1.10. The summed E-state index contributed by atoms with van der Waals surface area (Å²) in [5.74, 6) is -9.74. The molecule has 0 radical (unpaired) electrons. The molecule has 7 rings (SSSR count). The van der Waals surface area contributed by atoms with Crippen molar-refractivity contribution in [3.8, 4) is 5.75 Å². The lowest BCUT2D eigenvalue weighted by Crippen LogP contribution is -2.64. The summed E-state index contributed by atoms with van der Waals surface area (Å²) < 4.78 is 45.9. The number of ketones is 2. The van der Waals surface area contributed by atoms with Gasteiger partial charge in [-0.05, 0) is 122 Å². The van der Waals surface area contributed by atoms with E-state index in [2.05, 4.69) is 20.6 Å². The van der Waals surface area contributed by atoms with Gasteiger partial charge in [-0.1, -0.05) is 38.5 Å². The van der Waals surface area contributed by atoms with Crippen LogP contribution in [0.2, 0.25) is 0 Å². The average molecular weight is 1220 g/mol. The number of rotatable bonds is 15. The van der Waals surface area contributed by atoms with E-state index >= 15 is 4.39 Å². The number of cyclic esters (lactones) is 1. The summed E-state index contributed by atoms with van der Waals surface area (Å²) in [5, 5.41) is 51.2. The average Bonchev–Trinajstić information content (AvgIpc) is 1.29. The number of hydrogen-bond acceptors (Lipinski definition) is 19. The number of aryl methyl sites for hydroxylation is 1. The van der Waals surface area contributed by atoms with E-state index in [-0.39, 0.29) is 124 Å². The summed E-state index contributed by atoms with van der Waals surface area (Å²) in [4.78, 5) is 99.2. The number of methoxy groups -OCH3 is 3. The van der Waals surface area contributed by atoms with Crippen LogP contribution in [0.15, 0.2) is 41.6 Å². The van der Waals surface area contributed by atoms with Gasteiger partial charge in [-0.2, -0.15) is 4.98 Å². The molecule has 1 aliphatic carbocycles. The van der Waals surface area contributed by atoms with Gasteiger partial charge in [0.15, 0.2) is 0 Å². The van der Waals surface area contributed by atoms with Crippen molar-refractivity contribution in [2.24, 2.45) is 35.5 Å². The van der Waals surface area contributed by atoms with Crippen LogP contribution in [0.5, 0.6) is 5.75 Å². The molecule has 22 nitrogen and oxygen atoms in total. The van der Waals surface area contributed by atoms with Crippen LogP contribution in [-0.2, 0) is 42.9 Å². The zero-order valence-corrected chi connectivity index (χ0v) is 52.4. The van der Waals surface area contributed by atoms with Crippen LogP contribution in [0.25, 0.3) is 0 Å². The first kappa shape index (κ1) is 68.5. The number of hydrogen-bond donors (Lipinski definition) is 6. The van der Waals surface area contributed by atoms with Gasteiger partial charge in [0, 0.05) is 114 Å². The van der Waals surface area contributed by atoms with Gasteiger partial charge < -0.3 is 69.4 Å². The second kappa shape index (κ2) is 31.0. The summed E-state index contributed by atoms with van der Waals surface area (Å²) in [6.45, 7) is 13.8. The predicted octanol–water partition coefficient (Wildman–Crippen LogP) is 6.23. The highest BCUT2D eigenvalue weighted by atomic mass is 19.1. The van der Waals surface area contributed by atoms with Crippen molar-refractivity contribution in [2.45, 2.75) is 180 Å². The van der Waals surface area contributed by atoms with Crippen molar-refractivity contribution in [3.05, 3.63) is 58.6 Å². The number of halogens is 1. The summed E-state index contributed by atoms with van der Waals surface area (Å²) in [6.07, 6.45) is 3.75. The molecule has 2 aromatic rings. The van der Waals surface area contributed by atoms with Crippen molar-refractivity contribution < 1.29 is 77.3 Å². The lowest BCUT2D eigenvalue weighted by Gasteiger charge is -2.47. The van der Waals surface area contributed by atoms with Crippen molar-refractivity contribution >= 4 is 52.7 Å². The van der Waals surface area contributed by atoms with Gasteiger partial charge in [-0.15, -0.1) is 0 Å². The van der Waals surface area contributed by atoms with Gasteiger partial charge in [0.25, 0.3) is 17.6 Å². The number of nitrogens with one attached hydrogen (secondary N) is 2. The number of anilines is 3. The Labute approximate surface area is 510 Å². The number of ether oxygens (including phenoxy) is 5. The molecule has 23 heteroatoms. The van der Waals surface area contributed by atoms with Crippen LogP contribution in [0.1, 0.15) is 141 Å². The van der Waals surface area contributed by atoms with E-state index < -0.39 is 95.6 Å². The highest BCUT2D eigenvalue weighted by molar-refractivity contribution is 6.39. The molecule has 3 amide bonds. The second-order valence-electron chi connectivity index (χ2n) is 24.9. The van der Waals surface area contributed by atoms with Crippen molar-refractivity contribution in [1.29, 1.82) is 0 Å². The van der Waals surface area contributed by atoms with Gasteiger partial charge in [0.05, 0.1) is 42.8 Å². The van der Waals surface area contributed by atoms with Gasteiger partial charge in [0.1, 0.15) is 41.4 Å². The minimum absolute atomic E-state index is 0.0197. The van der Waals surface area contributed by atoms with Gasteiger partial charge in [0.2, 0.25) is 17.6 Å². The van der Waals surface area contributed by atoms with E-state index in [1.54, 1.807) is 31.9 Å². The molecule has 1 aromatic heterocycles. The Hall–Kier alpha value is -5.95. The maximum atomic E-state index is 15.8. The number of carbonyl (C=O) groups excluding carboxylic acids is 6. The molecule has 1 aromatic carbocycles. The molecule has 1 saturated carbocycles. The Bertz CT molecular complexity index is 2810. The topological polar surface area (TPSA) is 289 Å². The fourth-order valence-corrected chi connectivity index (χ4v) is 13.3. The number of fused-ring (bicyclic) bond motifs is 3. The Morgan fingerprint density at radius 1 is 0.908 bits per heavy atom. The number of aromatic nitrogens is 2. The third-order valence-corrected chi connectivity index (χ3v) is 18.5. The Morgan fingerprint density at radius 2 is 1.61 bits per heavy atom. The van der Waals surface area contributed by atoms with Crippen LogP contribution < -0.4 is 15.4 Å². The lowest BCUT2D eigenvalue weighted by atomic mass is 9.78. The van der Waals surface area contributed by atoms with E-state index in [1.165, 1.54) is 32.3 Å². The number of carbonyl (C=O) groups is 6. The number of esters is 1. The van der Waals surface area contributed by atoms with Crippen molar-refractivity contribution in [3.63, 3.8) is 0 Å². The number of benzene rings is 1. The normalized spacial score (nSPS) is 31.9. The molecular weight excluding hydrogens is 1130 g/mol. The molecule has 87 heavy (non-hydrogen) atoms. The molecule has 6 N–H and O–H groups in total. The smallest absolute Gasteiger partial charge is 0.329 e. The van der Waals surface area contributed by atoms with Gasteiger partial charge in [-0.25, -0.2) is 14.2 Å². The largest absolute Gasteiger partial charge is 0.495 e. The van der Waals surface area contributed by atoms with Crippen molar-refractivity contribution in [1.82, 2.24) is 24.7 Å². The van der Waals surface area contributed by atoms with Crippen LogP contribution in [0, 0.1) is 48.2 Å². The van der Waals surface area contributed by atoms with Crippen LogP contribution in [0.3, 0.4) is 0 Å². The molecule has 4 fully saturated rings. The molecule has 482 valence electrons. The fraction of sp³-hybridized carbons (Fsp3) is 0.688. The van der Waals surface area contributed by atoms with E-state index in [0.29, 0.717) is 69.3 Å². The lowest BCUT2D eigenvalue weighted by molar-refractivity contribution is -0.302. The standard InChI is InChI=1S/C64H94FN7O15/c1-11-66-59-39(5)34-67-63(69-59)68-47-32-46(65)45(31-52(47)83-8)60(79)71-23-21-70(22-24-71)55(77)17-14-15-43-26-36(2)25-37(3)27-53(84-9)57-54(85-10)29-40(6)64(82,87-57)58(78)61(80)72-20-13-12-16-48(72)62(81)86-56(41(7)50(75)33-51(43)76)38(4)28-42-18-19-49(74)44(30-42)35-73/h26,28,31-32,34,37,40-44,48-50,53-54,56-57,73-75,82H,11-25,27,29-30,33,35H2,1-10H3,(H2,66,67,68,69)/b36-26+,38-28+/t37-,40+,41+,42-,43+,44-,48-,49+,50-,53-,54-,56+,57+,64+/m0/s1. The summed E-state index contributed by atoms with van der Waals surface area (Å²) in [7, 11) is 4.40. The number of aliphatic hydroxyl groups excluding tert-OH is 3. The minimum Gasteiger partial charge on any atom is -0.495 e. The molecule has 5 heterocycles. The number of nitrogens with zero attached hydrogens (tertiary/aromatic N) is 5. The summed E-state index contributed by atoms with van der Waals surface area (Å²) >= 11 is 0. The molecule has 14 atom stereocenters. The van der Waals surface area contributed by atoms with Crippen LogP contribution in [0.4, 0.5) is 21.8 Å². The molecule has 2 bridgehead atoms. The molecular formula is C64H94FN7O15. The van der Waals surface area contributed by atoms with Crippen LogP contribution in [-0.4, -0.2) is 196 Å². The van der Waals surface area contributed by atoms with E-state index in [9.17, 15) is 49.2 Å². The molecule has 4 aliphatic heterocycles. The molecule has 5 aliphatic rings. The first-order valence-corrected chi connectivity index (χ1v) is 31.1. The Morgan fingerprint density at radius 3 is 2.29 bits per heavy atom. The second-order valence-corrected chi connectivity index (χ2v) is 24.9. The fourth-order valence-electron chi connectivity index (χ4n) is 13.3. The van der Waals surface area contributed by atoms with E-state index in [1.807, 2.05) is 39.8 Å². The Kier molecular flexibility index (Phi) is 24.4. The van der Waals surface area contributed by atoms with Crippen molar-refractivity contribution in [2.75, 3.05) is 77.8 Å².